The molecule has 0 spiro atoms. The van der Waals surface area contributed by atoms with Gasteiger partial charge in [0.25, 0.3) is 5.91 Å². The van der Waals surface area contributed by atoms with Crippen LogP contribution in [0.2, 0.25) is 0 Å². The number of carbonyl (C=O) groups excluding carboxylic acids is 1. The highest BCUT2D eigenvalue weighted by atomic mass is 19.4. The van der Waals surface area contributed by atoms with Crippen LogP contribution in [-0.4, -0.2) is 28.7 Å². The number of nitrogens with zero attached hydrogens (tertiary/aromatic N) is 1. The van der Waals surface area contributed by atoms with Crippen LogP contribution in [0, 0.1) is 6.92 Å². The molecule has 2 N–H and O–H groups in total. The van der Waals surface area contributed by atoms with Gasteiger partial charge in [-0.2, -0.15) is 13.2 Å². The SMILES string of the molecule is Cc1cc(C(=O)Nc2ccc(OCC(F)(F)F)nc2)cc(=O)[nH]1. The zero-order valence-corrected chi connectivity index (χ0v) is 11.9. The molecule has 0 unspecified atom stereocenters. The molecule has 0 fully saturated rings. The molecule has 0 saturated heterocycles. The highest BCUT2D eigenvalue weighted by molar-refractivity contribution is 6.04. The lowest BCUT2D eigenvalue weighted by Crippen LogP contribution is -2.19. The van der Waals surface area contributed by atoms with Gasteiger partial charge in [-0.25, -0.2) is 4.98 Å². The zero-order chi connectivity index (χ0) is 17.0. The van der Waals surface area contributed by atoms with E-state index in [1.54, 1.807) is 6.92 Å². The number of carbonyl (C=O) groups is 1. The van der Waals surface area contributed by atoms with Crippen molar-refractivity contribution in [2.75, 3.05) is 11.9 Å². The highest BCUT2D eigenvalue weighted by Gasteiger charge is 2.28. The molecule has 0 aliphatic rings. The van der Waals surface area contributed by atoms with Crippen LogP contribution in [0.1, 0.15) is 16.1 Å². The van der Waals surface area contributed by atoms with Crippen molar-refractivity contribution in [1.82, 2.24) is 9.97 Å². The highest BCUT2D eigenvalue weighted by Crippen LogP contribution is 2.18. The molecule has 0 aliphatic carbocycles. The minimum absolute atomic E-state index is 0.156. The summed E-state index contributed by atoms with van der Waals surface area (Å²) < 4.78 is 40.5. The van der Waals surface area contributed by atoms with Crippen LogP contribution >= 0.6 is 0 Å². The van der Waals surface area contributed by atoms with Gasteiger partial charge in [-0.1, -0.05) is 0 Å². The fourth-order valence-corrected chi connectivity index (χ4v) is 1.71. The Balaban J connectivity index is 2.03. The normalized spacial score (nSPS) is 11.1. The Labute approximate surface area is 128 Å². The summed E-state index contributed by atoms with van der Waals surface area (Å²) in [5.41, 5.74) is 0.525. The molecule has 0 aromatic carbocycles. The Morgan fingerprint density at radius 3 is 2.65 bits per heavy atom. The molecule has 2 rings (SSSR count). The Bertz CT molecular complexity index is 754. The molecular weight excluding hydrogens is 315 g/mol. The van der Waals surface area contributed by atoms with E-state index in [0.29, 0.717) is 5.69 Å². The van der Waals surface area contributed by atoms with Crippen molar-refractivity contribution >= 4 is 11.6 Å². The van der Waals surface area contributed by atoms with E-state index >= 15 is 0 Å². The summed E-state index contributed by atoms with van der Waals surface area (Å²) in [5.74, 6) is -0.753. The van der Waals surface area contributed by atoms with Crippen LogP contribution in [-0.2, 0) is 0 Å². The van der Waals surface area contributed by atoms with Crippen molar-refractivity contribution in [3.8, 4) is 5.88 Å². The molecule has 0 aliphatic heterocycles. The van der Waals surface area contributed by atoms with E-state index in [0.717, 1.165) is 12.3 Å². The average Bonchev–Trinajstić information content (AvgIpc) is 2.44. The number of halogens is 3. The van der Waals surface area contributed by atoms with Crippen molar-refractivity contribution < 1.29 is 22.7 Å². The predicted octanol–water partition coefficient (Wildman–Crippen LogP) is 2.27. The van der Waals surface area contributed by atoms with Gasteiger partial charge in [0.1, 0.15) is 0 Å². The molecular formula is C14H12F3N3O3. The van der Waals surface area contributed by atoms with E-state index in [2.05, 4.69) is 20.0 Å². The van der Waals surface area contributed by atoms with Crippen molar-refractivity contribution in [3.05, 3.63) is 52.1 Å². The van der Waals surface area contributed by atoms with Gasteiger partial charge in [0.05, 0.1) is 11.9 Å². The number of H-pyrrole nitrogens is 1. The molecule has 2 aromatic heterocycles. The van der Waals surface area contributed by atoms with E-state index in [9.17, 15) is 22.8 Å². The summed E-state index contributed by atoms with van der Waals surface area (Å²) in [6, 6.07) is 5.17. The van der Waals surface area contributed by atoms with Crippen LogP contribution in [0.15, 0.2) is 35.3 Å². The van der Waals surface area contributed by atoms with Crippen molar-refractivity contribution in [1.29, 1.82) is 0 Å². The third-order valence-corrected chi connectivity index (χ3v) is 2.62. The maximum Gasteiger partial charge on any atom is 0.422 e. The number of hydrogen-bond donors (Lipinski definition) is 2. The van der Waals surface area contributed by atoms with E-state index in [-0.39, 0.29) is 17.1 Å². The second-order valence-electron chi connectivity index (χ2n) is 4.66. The number of pyridine rings is 2. The number of aryl methyl sites for hydroxylation is 1. The first-order valence-corrected chi connectivity index (χ1v) is 6.41. The lowest BCUT2D eigenvalue weighted by molar-refractivity contribution is -0.154. The summed E-state index contributed by atoms with van der Waals surface area (Å²) >= 11 is 0. The fraction of sp³-hybridized carbons (Fsp3) is 0.214. The lowest BCUT2D eigenvalue weighted by Gasteiger charge is -2.09. The molecule has 2 aromatic rings. The molecule has 122 valence electrons. The number of anilines is 1. The number of rotatable bonds is 4. The molecule has 2 heterocycles. The number of aromatic nitrogens is 2. The van der Waals surface area contributed by atoms with Crippen LogP contribution in [0.5, 0.6) is 5.88 Å². The maximum absolute atomic E-state index is 12.0. The molecule has 0 saturated carbocycles. The first-order valence-electron chi connectivity index (χ1n) is 6.41. The summed E-state index contributed by atoms with van der Waals surface area (Å²) in [6.45, 7) is 0.185. The van der Waals surface area contributed by atoms with Gasteiger partial charge in [0.15, 0.2) is 6.61 Å². The van der Waals surface area contributed by atoms with Gasteiger partial charge in [-0.3, -0.25) is 9.59 Å². The number of aromatic amines is 1. The summed E-state index contributed by atoms with van der Waals surface area (Å²) in [5, 5.41) is 2.48. The Morgan fingerprint density at radius 2 is 2.09 bits per heavy atom. The van der Waals surface area contributed by atoms with Gasteiger partial charge >= 0.3 is 6.18 Å². The van der Waals surface area contributed by atoms with Gasteiger partial charge < -0.3 is 15.0 Å². The predicted molar refractivity (Wildman–Crippen MR) is 75.5 cm³/mol. The van der Waals surface area contributed by atoms with E-state index in [4.69, 9.17) is 0 Å². The Morgan fingerprint density at radius 1 is 1.35 bits per heavy atom. The minimum atomic E-state index is -4.45. The third-order valence-electron chi connectivity index (χ3n) is 2.62. The van der Waals surface area contributed by atoms with Crippen molar-refractivity contribution in [2.45, 2.75) is 13.1 Å². The van der Waals surface area contributed by atoms with E-state index in [1.165, 1.54) is 18.2 Å². The Hall–Kier alpha value is -2.84. The van der Waals surface area contributed by atoms with Crippen LogP contribution in [0.3, 0.4) is 0 Å². The minimum Gasteiger partial charge on any atom is -0.468 e. The standard InChI is InChI=1S/C14H12F3N3O3/c1-8-4-9(5-11(21)19-8)13(22)20-10-2-3-12(18-6-10)23-7-14(15,16)17/h2-6H,7H2,1H3,(H,19,21)(H,20,22). The largest absolute Gasteiger partial charge is 0.468 e. The summed E-state index contributed by atoms with van der Waals surface area (Å²) in [6.07, 6.45) is -3.30. The molecule has 9 heteroatoms. The molecule has 0 atom stereocenters. The average molecular weight is 327 g/mol. The second-order valence-corrected chi connectivity index (χ2v) is 4.66. The topological polar surface area (TPSA) is 84.1 Å². The zero-order valence-electron chi connectivity index (χ0n) is 11.9. The fourth-order valence-electron chi connectivity index (χ4n) is 1.71. The number of ether oxygens (including phenoxy) is 1. The first kappa shape index (κ1) is 16.5. The van der Waals surface area contributed by atoms with Crippen LogP contribution in [0.4, 0.5) is 18.9 Å². The lowest BCUT2D eigenvalue weighted by atomic mass is 10.2. The van der Waals surface area contributed by atoms with E-state index in [1.807, 2.05) is 0 Å². The van der Waals surface area contributed by atoms with E-state index < -0.39 is 24.2 Å². The molecule has 6 nitrogen and oxygen atoms in total. The molecule has 23 heavy (non-hydrogen) atoms. The number of nitrogens with one attached hydrogen (secondary N) is 2. The summed E-state index contributed by atoms with van der Waals surface area (Å²) in [7, 11) is 0. The van der Waals surface area contributed by atoms with Crippen molar-refractivity contribution in [2.24, 2.45) is 0 Å². The smallest absolute Gasteiger partial charge is 0.422 e. The van der Waals surface area contributed by atoms with Gasteiger partial charge in [-0.15, -0.1) is 0 Å². The van der Waals surface area contributed by atoms with Gasteiger partial charge in [0, 0.05) is 23.4 Å². The maximum atomic E-state index is 12.0. The Kier molecular flexibility index (Phi) is 4.68. The molecule has 0 bridgehead atoms. The monoisotopic (exact) mass is 327 g/mol. The quantitative estimate of drug-likeness (QED) is 0.902. The van der Waals surface area contributed by atoms with Crippen LogP contribution in [0.25, 0.3) is 0 Å². The number of hydrogen-bond acceptors (Lipinski definition) is 4. The second kappa shape index (κ2) is 6.51. The first-order chi connectivity index (χ1) is 10.7. The molecule has 1 amide bonds. The number of alkyl halides is 3. The van der Waals surface area contributed by atoms with Gasteiger partial charge in [0.2, 0.25) is 11.4 Å². The van der Waals surface area contributed by atoms with Crippen molar-refractivity contribution in [3.63, 3.8) is 0 Å². The number of amides is 1. The molecule has 0 radical (unpaired) electrons. The van der Waals surface area contributed by atoms with Gasteiger partial charge in [-0.05, 0) is 19.1 Å². The summed E-state index contributed by atoms with van der Waals surface area (Å²) in [4.78, 5) is 29.5. The van der Waals surface area contributed by atoms with Crippen LogP contribution < -0.4 is 15.6 Å². The third kappa shape index (κ3) is 5.13.